The third-order valence-electron chi connectivity index (χ3n) is 3.45. The van der Waals surface area contributed by atoms with Gasteiger partial charge in [0.2, 0.25) is 5.88 Å². The van der Waals surface area contributed by atoms with Crippen molar-refractivity contribution in [2.24, 2.45) is 0 Å². The Hall–Kier alpha value is -2.63. The Kier molecular flexibility index (Phi) is 3.43. The number of nitrogens with zero attached hydrogens (tertiary/aromatic N) is 3. The first kappa shape index (κ1) is 13.4. The zero-order valence-electron chi connectivity index (χ0n) is 11.9. The van der Waals surface area contributed by atoms with Crippen LogP contribution in [0.1, 0.15) is 16.1 Å². The fourth-order valence-corrected chi connectivity index (χ4v) is 2.36. The lowest BCUT2D eigenvalue weighted by Gasteiger charge is -2.28. The summed E-state index contributed by atoms with van der Waals surface area (Å²) < 4.78 is 10.2. The molecule has 0 saturated carbocycles. The van der Waals surface area contributed by atoms with Crippen LogP contribution in [0.15, 0.2) is 30.6 Å². The minimum Gasteiger partial charge on any atom is -0.495 e. The number of fused-ring (bicyclic) bond motifs is 1. The lowest BCUT2D eigenvalue weighted by Crippen LogP contribution is -2.38. The van der Waals surface area contributed by atoms with Gasteiger partial charge in [-0.2, -0.15) is 0 Å². The highest BCUT2D eigenvalue weighted by atomic mass is 16.5. The Labute approximate surface area is 122 Å². The smallest absolute Gasteiger partial charge is 0.260 e. The molecule has 0 spiro atoms. The zero-order chi connectivity index (χ0) is 14.8. The van der Waals surface area contributed by atoms with E-state index in [0.29, 0.717) is 30.2 Å². The maximum atomic E-state index is 12.6. The van der Waals surface area contributed by atoms with E-state index in [2.05, 4.69) is 9.97 Å². The largest absolute Gasteiger partial charge is 0.495 e. The molecule has 2 aromatic heterocycles. The van der Waals surface area contributed by atoms with Crippen molar-refractivity contribution in [1.82, 2.24) is 9.97 Å². The van der Waals surface area contributed by atoms with Crippen molar-refractivity contribution in [1.29, 1.82) is 0 Å². The number of ether oxygens (including phenoxy) is 2. The minimum absolute atomic E-state index is 0.0820. The molecule has 0 atom stereocenters. The van der Waals surface area contributed by atoms with Crippen molar-refractivity contribution < 1.29 is 14.3 Å². The van der Waals surface area contributed by atoms with Crippen LogP contribution in [0.2, 0.25) is 0 Å². The molecule has 108 valence electrons. The first-order chi connectivity index (χ1) is 10.2. The zero-order valence-corrected chi connectivity index (χ0v) is 11.9. The molecule has 1 aliphatic heterocycles. The number of aromatic nitrogens is 2. The highest BCUT2D eigenvalue weighted by Crippen LogP contribution is 2.26. The van der Waals surface area contributed by atoms with E-state index >= 15 is 0 Å². The lowest BCUT2D eigenvalue weighted by molar-refractivity contribution is 0.0979. The van der Waals surface area contributed by atoms with Gasteiger partial charge in [0.15, 0.2) is 0 Å². The summed E-state index contributed by atoms with van der Waals surface area (Å²) in [5, 5.41) is 0. The van der Waals surface area contributed by atoms with Crippen LogP contribution in [-0.4, -0.2) is 36.6 Å². The summed E-state index contributed by atoms with van der Waals surface area (Å²) in [5.74, 6) is 1.07. The quantitative estimate of drug-likeness (QED) is 0.858. The molecule has 0 aromatic carbocycles. The van der Waals surface area contributed by atoms with E-state index in [9.17, 15) is 4.79 Å². The van der Waals surface area contributed by atoms with Gasteiger partial charge < -0.3 is 14.4 Å². The highest BCUT2D eigenvalue weighted by molar-refractivity contribution is 6.07. The molecule has 0 saturated heterocycles. The van der Waals surface area contributed by atoms with E-state index in [1.54, 1.807) is 49.7 Å². The van der Waals surface area contributed by atoms with Crippen LogP contribution in [0.4, 0.5) is 5.69 Å². The van der Waals surface area contributed by atoms with E-state index in [1.165, 1.54) is 0 Å². The van der Waals surface area contributed by atoms with Crippen LogP contribution < -0.4 is 14.4 Å². The summed E-state index contributed by atoms with van der Waals surface area (Å²) in [7, 11) is 3.14. The maximum absolute atomic E-state index is 12.6. The van der Waals surface area contributed by atoms with Crippen molar-refractivity contribution in [3.8, 4) is 11.6 Å². The predicted molar refractivity (Wildman–Crippen MR) is 77.0 cm³/mol. The predicted octanol–water partition coefficient (Wildman–Crippen LogP) is 1.70. The summed E-state index contributed by atoms with van der Waals surface area (Å²) >= 11 is 0. The minimum atomic E-state index is -0.0820. The Balaban J connectivity index is 1.94. The standard InChI is InChI=1S/C15H15N3O3/c1-20-11-7-10(8-16-9-11)18-6-5-13-12(15(18)19)3-4-14(17-13)21-2/h3-4,7-9H,5-6H2,1-2H3. The topological polar surface area (TPSA) is 64.6 Å². The van der Waals surface area contributed by atoms with Crippen molar-refractivity contribution in [2.75, 3.05) is 25.7 Å². The Bertz CT molecular complexity index is 688. The molecular formula is C15H15N3O3. The normalized spacial score (nSPS) is 13.8. The molecular weight excluding hydrogens is 270 g/mol. The number of carbonyl (C=O) groups is 1. The first-order valence-corrected chi connectivity index (χ1v) is 6.57. The number of methoxy groups -OCH3 is 2. The monoisotopic (exact) mass is 285 g/mol. The van der Waals surface area contributed by atoms with E-state index in [1.807, 2.05) is 0 Å². The molecule has 0 N–H and O–H groups in total. The Morgan fingerprint density at radius 1 is 1.19 bits per heavy atom. The summed E-state index contributed by atoms with van der Waals surface area (Å²) in [4.78, 5) is 22.7. The number of anilines is 1. The molecule has 0 radical (unpaired) electrons. The number of amides is 1. The number of rotatable bonds is 3. The van der Waals surface area contributed by atoms with Gasteiger partial charge in [-0.3, -0.25) is 9.78 Å². The molecule has 6 heteroatoms. The second kappa shape index (κ2) is 5.40. The van der Waals surface area contributed by atoms with Gasteiger partial charge in [0.1, 0.15) is 5.75 Å². The van der Waals surface area contributed by atoms with Crippen molar-refractivity contribution >= 4 is 11.6 Å². The molecule has 6 nitrogen and oxygen atoms in total. The summed E-state index contributed by atoms with van der Waals surface area (Å²) in [6.45, 7) is 0.556. The number of hydrogen-bond donors (Lipinski definition) is 0. The summed E-state index contributed by atoms with van der Waals surface area (Å²) in [5.41, 5.74) is 2.09. The Morgan fingerprint density at radius 2 is 2.05 bits per heavy atom. The van der Waals surface area contributed by atoms with Crippen molar-refractivity contribution in [2.45, 2.75) is 6.42 Å². The van der Waals surface area contributed by atoms with Crippen LogP contribution >= 0.6 is 0 Å². The summed E-state index contributed by atoms with van der Waals surface area (Å²) in [6, 6.07) is 5.25. The van der Waals surface area contributed by atoms with Crippen LogP contribution in [0, 0.1) is 0 Å². The van der Waals surface area contributed by atoms with Gasteiger partial charge in [-0.25, -0.2) is 4.98 Å². The molecule has 0 aliphatic carbocycles. The van der Waals surface area contributed by atoms with Gasteiger partial charge in [-0.05, 0) is 6.07 Å². The van der Waals surface area contributed by atoms with E-state index in [-0.39, 0.29) is 5.91 Å². The van der Waals surface area contributed by atoms with Gasteiger partial charge in [-0.15, -0.1) is 0 Å². The number of carbonyl (C=O) groups excluding carboxylic acids is 1. The van der Waals surface area contributed by atoms with Gasteiger partial charge in [0.05, 0.1) is 43.6 Å². The number of pyridine rings is 2. The van der Waals surface area contributed by atoms with Gasteiger partial charge in [-0.1, -0.05) is 0 Å². The first-order valence-electron chi connectivity index (χ1n) is 6.57. The van der Waals surface area contributed by atoms with E-state index < -0.39 is 0 Å². The fourth-order valence-electron chi connectivity index (χ4n) is 2.36. The molecule has 0 fully saturated rings. The second-order valence-corrected chi connectivity index (χ2v) is 4.64. The SMILES string of the molecule is COc1cncc(N2CCc3nc(OC)ccc3C2=O)c1. The average Bonchev–Trinajstić information content (AvgIpc) is 2.55. The fraction of sp³-hybridized carbons (Fsp3) is 0.267. The van der Waals surface area contributed by atoms with Crippen LogP contribution in [-0.2, 0) is 6.42 Å². The molecule has 0 bridgehead atoms. The van der Waals surface area contributed by atoms with Crippen LogP contribution in [0.25, 0.3) is 0 Å². The molecule has 2 aromatic rings. The van der Waals surface area contributed by atoms with Crippen molar-refractivity contribution in [3.63, 3.8) is 0 Å². The third-order valence-corrected chi connectivity index (χ3v) is 3.45. The maximum Gasteiger partial charge on any atom is 0.260 e. The lowest BCUT2D eigenvalue weighted by atomic mass is 10.0. The van der Waals surface area contributed by atoms with Gasteiger partial charge in [0, 0.05) is 25.1 Å². The molecule has 3 heterocycles. The van der Waals surface area contributed by atoms with Gasteiger partial charge in [0.25, 0.3) is 5.91 Å². The number of hydrogen-bond acceptors (Lipinski definition) is 5. The second-order valence-electron chi connectivity index (χ2n) is 4.64. The third kappa shape index (κ3) is 2.40. The van der Waals surface area contributed by atoms with Crippen LogP contribution in [0.5, 0.6) is 11.6 Å². The van der Waals surface area contributed by atoms with Crippen LogP contribution in [0.3, 0.4) is 0 Å². The average molecular weight is 285 g/mol. The molecule has 21 heavy (non-hydrogen) atoms. The highest BCUT2D eigenvalue weighted by Gasteiger charge is 2.27. The van der Waals surface area contributed by atoms with Crippen molar-refractivity contribution in [3.05, 3.63) is 41.9 Å². The summed E-state index contributed by atoms with van der Waals surface area (Å²) in [6.07, 6.45) is 3.94. The molecule has 1 amide bonds. The van der Waals surface area contributed by atoms with E-state index in [4.69, 9.17) is 9.47 Å². The molecule has 3 rings (SSSR count). The Morgan fingerprint density at radius 3 is 2.81 bits per heavy atom. The van der Waals surface area contributed by atoms with E-state index in [0.717, 1.165) is 11.4 Å². The van der Waals surface area contributed by atoms with Gasteiger partial charge >= 0.3 is 0 Å². The molecule has 0 unspecified atom stereocenters. The molecule has 1 aliphatic rings.